The number of aryl methyl sites for hydroxylation is 1. The molecule has 3 aromatic carbocycles. The first-order chi connectivity index (χ1) is 16.9. The van der Waals surface area contributed by atoms with Crippen molar-refractivity contribution in [1.29, 1.82) is 0 Å². The number of hydrogen-bond donors (Lipinski definition) is 1. The van der Waals surface area contributed by atoms with Crippen LogP contribution < -0.4 is 5.32 Å². The number of urea groups is 1. The van der Waals surface area contributed by atoms with Crippen LogP contribution in [0.4, 0.5) is 9.18 Å². The fourth-order valence-corrected chi connectivity index (χ4v) is 4.41. The zero-order valence-corrected chi connectivity index (χ0v) is 19.9. The average molecular weight is 489 g/mol. The van der Waals surface area contributed by atoms with Crippen LogP contribution >= 0.6 is 11.6 Å². The first-order valence-corrected chi connectivity index (χ1v) is 11.5. The molecule has 1 aromatic heterocycles. The molecule has 1 atom stereocenters. The van der Waals surface area contributed by atoms with Crippen LogP contribution in [0.1, 0.15) is 35.5 Å². The molecule has 2 amide bonds. The van der Waals surface area contributed by atoms with Crippen molar-refractivity contribution in [3.8, 4) is 11.4 Å². The Balaban J connectivity index is 1.62. The molecule has 0 aliphatic carbocycles. The molecule has 0 bridgehead atoms. The minimum Gasteiger partial charge on any atom is -0.334 e. The summed E-state index contributed by atoms with van der Waals surface area (Å²) in [5.74, 6) is 0.200. The van der Waals surface area contributed by atoms with Crippen molar-refractivity contribution in [2.45, 2.75) is 26.4 Å². The summed E-state index contributed by atoms with van der Waals surface area (Å²) in [7, 11) is 0. The Morgan fingerprint density at radius 2 is 1.86 bits per heavy atom. The van der Waals surface area contributed by atoms with Gasteiger partial charge in [-0.3, -0.25) is 4.90 Å². The van der Waals surface area contributed by atoms with Crippen LogP contribution in [0.2, 0.25) is 5.02 Å². The highest BCUT2D eigenvalue weighted by molar-refractivity contribution is 6.30. The van der Waals surface area contributed by atoms with E-state index in [-0.39, 0.29) is 11.9 Å². The summed E-state index contributed by atoms with van der Waals surface area (Å²) >= 11 is 6.13. The van der Waals surface area contributed by atoms with Gasteiger partial charge in [-0.25, -0.2) is 9.18 Å². The summed E-state index contributed by atoms with van der Waals surface area (Å²) in [6, 6.07) is 20.2. The van der Waals surface area contributed by atoms with Crippen LogP contribution in [-0.4, -0.2) is 21.1 Å². The lowest BCUT2D eigenvalue weighted by molar-refractivity contribution is 0.203. The predicted octanol–water partition coefficient (Wildman–Crippen LogP) is 6.54. The maximum absolute atomic E-state index is 14.1. The molecule has 1 unspecified atom stereocenters. The molecule has 1 aliphatic rings. The third-order valence-electron chi connectivity index (χ3n) is 6.11. The first-order valence-electron chi connectivity index (χ1n) is 11.1. The third kappa shape index (κ3) is 4.55. The van der Waals surface area contributed by atoms with Gasteiger partial charge in [-0.2, -0.15) is 4.98 Å². The summed E-state index contributed by atoms with van der Waals surface area (Å²) in [4.78, 5) is 19.5. The topological polar surface area (TPSA) is 71.3 Å². The van der Waals surface area contributed by atoms with Crippen molar-refractivity contribution in [1.82, 2.24) is 20.4 Å². The molecule has 8 heteroatoms. The Hall–Kier alpha value is -3.97. The van der Waals surface area contributed by atoms with Gasteiger partial charge in [0.15, 0.2) is 0 Å². The maximum atomic E-state index is 14.1. The number of carbonyl (C=O) groups excluding carboxylic acids is 1. The molecular formula is C27H22ClFN4O2. The van der Waals surface area contributed by atoms with Crippen molar-refractivity contribution in [3.63, 3.8) is 0 Å². The van der Waals surface area contributed by atoms with Gasteiger partial charge in [-0.1, -0.05) is 65.3 Å². The van der Waals surface area contributed by atoms with E-state index in [1.54, 1.807) is 35.2 Å². The van der Waals surface area contributed by atoms with Crippen molar-refractivity contribution >= 4 is 23.2 Å². The highest BCUT2D eigenvalue weighted by Crippen LogP contribution is 2.38. The summed E-state index contributed by atoms with van der Waals surface area (Å²) in [5, 5.41) is 7.69. The zero-order valence-electron chi connectivity index (χ0n) is 19.1. The lowest BCUT2D eigenvalue weighted by atomic mass is 9.94. The number of carbonyl (C=O) groups is 1. The Morgan fingerprint density at radius 3 is 2.63 bits per heavy atom. The summed E-state index contributed by atoms with van der Waals surface area (Å²) in [6.07, 6.45) is 0. The van der Waals surface area contributed by atoms with Gasteiger partial charge in [-0.05, 0) is 54.8 Å². The molecule has 0 radical (unpaired) electrons. The van der Waals surface area contributed by atoms with Crippen LogP contribution in [0.3, 0.4) is 0 Å². The SMILES string of the molecule is CC1=C(c2nc(-c3cccc(Cl)c3)no2)C(c2cccc(F)c2)NC(=O)N1Cc1ccccc1C. The minimum absolute atomic E-state index is 0.238. The number of halogens is 2. The fraction of sp³-hybridized carbons (Fsp3) is 0.148. The van der Waals surface area contributed by atoms with Gasteiger partial charge in [0.05, 0.1) is 18.2 Å². The van der Waals surface area contributed by atoms with Gasteiger partial charge in [-0.15, -0.1) is 0 Å². The van der Waals surface area contributed by atoms with E-state index in [0.717, 1.165) is 11.1 Å². The average Bonchev–Trinajstić information content (AvgIpc) is 3.32. The van der Waals surface area contributed by atoms with Gasteiger partial charge in [0.2, 0.25) is 5.82 Å². The monoisotopic (exact) mass is 488 g/mol. The van der Waals surface area contributed by atoms with Gasteiger partial charge in [0.1, 0.15) is 5.82 Å². The molecule has 0 fully saturated rings. The molecule has 5 rings (SSSR count). The molecule has 1 aliphatic heterocycles. The number of nitrogens with zero attached hydrogens (tertiary/aromatic N) is 3. The largest absolute Gasteiger partial charge is 0.334 e. The Labute approximate surface area is 207 Å². The van der Waals surface area contributed by atoms with E-state index in [4.69, 9.17) is 16.1 Å². The number of benzene rings is 3. The van der Waals surface area contributed by atoms with E-state index < -0.39 is 11.9 Å². The first kappa shape index (κ1) is 22.8. The number of amides is 2. The quantitative estimate of drug-likeness (QED) is 0.346. The molecule has 4 aromatic rings. The Morgan fingerprint density at radius 1 is 1.06 bits per heavy atom. The smallest absolute Gasteiger partial charge is 0.322 e. The highest BCUT2D eigenvalue weighted by atomic mass is 35.5. The van der Waals surface area contributed by atoms with E-state index >= 15 is 0 Å². The molecule has 35 heavy (non-hydrogen) atoms. The second kappa shape index (κ2) is 9.35. The maximum Gasteiger partial charge on any atom is 0.322 e. The van der Waals surface area contributed by atoms with E-state index in [9.17, 15) is 9.18 Å². The Kier molecular flexibility index (Phi) is 6.09. The van der Waals surface area contributed by atoms with Gasteiger partial charge in [0.25, 0.3) is 5.89 Å². The van der Waals surface area contributed by atoms with Crippen molar-refractivity contribution in [2.24, 2.45) is 0 Å². The fourth-order valence-electron chi connectivity index (χ4n) is 4.22. The van der Waals surface area contributed by atoms with Gasteiger partial charge in [0, 0.05) is 16.3 Å². The van der Waals surface area contributed by atoms with Crippen LogP contribution in [-0.2, 0) is 6.54 Å². The summed E-state index contributed by atoms with van der Waals surface area (Å²) in [6.45, 7) is 4.20. The van der Waals surface area contributed by atoms with Gasteiger partial charge >= 0.3 is 6.03 Å². The normalized spacial score (nSPS) is 15.9. The van der Waals surface area contributed by atoms with E-state index in [0.29, 0.717) is 39.8 Å². The minimum atomic E-state index is -0.668. The zero-order chi connectivity index (χ0) is 24.5. The summed E-state index contributed by atoms with van der Waals surface area (Å²) < 4.78 is 19.8. The van der Waals surface area contributed by atoms with Crippen LogP contribution in [0.5, 0.6) is 0 Å². The van der Waals surface area contributed by atoms with Crippen molar-refractivity contribution < 1.29 is 13.7 Å². The number of nitrogens with one attached hydrogen (secondary N) is 1. The van der Waals surface area contributed by atoms with Crippen molar-refractivity contribution in [3.05, 3.63) is 112 Å². The van der Waals surface area contributed by atoms with Gasteiger partial charge < -0.3 is 9.84 Å². The molecular weight excluding hydrogens is 467 g/mol. The van der Waals surface area contributed by atoms with Crippen LogP contribution in [0.15, 0.2) is 83.0 Å². The molecule has 0 saturated heterocycles. The van der Waals surface area contributed by atoms with Crippen molar-refractivity contribution in [2.75, 3.05) is 0 Å². The number of rotatable bonds is 5. The molecule has 176 valence electrons. The number of hydrogen-bond acceptors (Lipinski definition) is 4. The predicted molar refractivity (Wildman–Crippen MR) is 132 cm³/mol. The van der Waals surface area contributed by atoms with E-state index in [1.807, 2.05) is 44.2 Å². The lowest BCUT2D eigenvalue weighted by Gasteiger charge is -2.35. The van der Waals surface area contributed by atoms with E-state index in [1.165, 1.54) is 12.1 Å². The number of allylic oxidation sites excluding steroid dienone is 1. The molecule has 6 nitrogen and oxygen atoms in total. The molecule has 0 saturated carbocycles. The lowest BCUT2D eigenvalue weighted by Crippen LogP contribution is -2.45. The summed E-state index contributed by atoms with van der Waals surface area (Å²) in [5.41, 5.74) is 4.60. The second-order valence-corrected chi connectivity index (χ2v) is 8.82. The standard InChI is InChI=1S/C27H22ClFN4O2/c1-16-7-3-4-8-20(16)15-33-17(2)23(24(30-27(33)34)18-9-6-12-22(29)14-18)26-31-25(32-35-26)19-10-5-11-21(28)13-19/h3-14,24H,15H2,1-2H3,(H,30,34). The van der Waals surface area contributed by atoms with E-state index in [2.05, 4.69) is 15.5 Å². The molecule has 2 heterocycles. The number of aromatic nitrogens is 2. The third-order valence-corrected chi connectivity index (χ3v) is 6.34. The highest BCUT2D eigenvalue weighted by Gasteiger charge is 2.36. The molecule has 0 spiro atoms. The molecule has 1 N–H and O–H groups in total. The second-order valence-electron chi connectivity index (χ2n) is 8.38. The van der Waals surface area contributed by atoms with Crippen LogP contribution in [0.25, 0.3) is 17.0 Å². The van der Waals surface area contributed by atoms with Crippen LogP contribution in [0, 0.1) is 12.7 Å². The Bertz CT molecular complexity index is 1450.